The van der Waals surface area contributed by atoms with Crippen molar-refractivity contribution in [2.24, 2.45) is 0 Å². The lowest BCUT2D eigenvalue weighted by Crippen LogP contribution is -2.02. The van der Waals surface area contributed by atoms with Crippen LogP contribution in [0, 0.1) is 5.82 Å². The number of hydrogen-bond donors (Lipinski definition) is 0. The number of rotatable bonds is 3. The lowest BCUT2D eigenvalue weighted by atomic mass is 10.1. The number of Topliss-reactive ketones (excluding diaryl/α,β-unsaturated/α-hetero) is 1. The highest BCUT2D eigenvalue weighted by atomic mass is 79.9. The van der Waals surface area contributed by atoms with E-state index >= 15 is 0 Å². The van der Waals surface area contributed by atoms with Crippen LogP contribution in [0.5, 0.6) is 0 Å². The molecule has 0 unspecified atom stereocenters. The zero-order valence-electron chi connectivity index (χ0n) is 8.54. The molecule has 0 aliphatic carbocycles. The Hall–Kier alpha value is -0.710. The summed E-state index contributed by atoms with van der Waals surface area (Å²) in [7, 11) is 0. The molecule has 0 saturated carbocycles. The van der Waals surface area contributed by atoms with Gasteiger partial charge in [-0.2, -0.15) is 0 Å². The highest BCUT2D eigenvalue weighted by molar-refractivity contribution is 9.10. The highest BCUT2D eigenvalue weighted by Crippen LogP contribution is 2.22. The Morgan fingerprint density at radius 2 is 2.18 bits per heavy atom. The summed E-state index contributed by atoms with van der Waals surface area (Å²) in [5.41, 5.74) is 0.431. The van der Waals surface area contributed by atoms with Crippen molar-refractivity contribution in [2.45, 2.75) is 6.42 Å². The topological polar surface area (TPSA) is 17.1 Å². The van der Waals surface area contributed by atoms with Crippen LogP contribution in [0.4, 0.5) is 4.39 Å². The van der Waals surface area contributed by atoms with Gasteiger partial charge in [0.25, 0.3) is 0 Å². The van der Waals surface area contributed by atoms with Gasteiger partial charge in [0.05, 0.1) is 5.02 Å². The van der Waals surface area contributed by atoms with Crippen molar-refractivity contribution in [2.75, 3.05) is 0 Å². The number of hydrogen-bond acceptors (Lipinski definition) is 2. The number of carbonyl (C=O) groups excluding carboxylic acids is 1. The molecule has 0 fully saturated rings. The molecule has 0 saturated heterocycles. The summed E-state index contributed by atoms with van der Waals surface area (Å²) < 4.78 is 13.9. The van der Waals surface area contributed by atoms with Gasteiger partial charge in [-0.3, -0.25) is 4.79 Å². The maximum absolute atomic E-state index is 12.9. The molecule has 0 N–H and O–H groups in total. The largest absolute Gasteiger partial charge is 0.294 e. The van der Waals surface area contributed by atoms with Gasteiger partial charge in [-0.25, -0.2) is 4.39 Å². The molecule has 5 heteroatoms. The summed E-state index contributed by atoms with van der Waals surface area (Å²) in [6, 6.07) is 5.92. The van der Waals surface area contributed by atoms with E-state index in [2.05, 4.69) is 15.9 Å². The molecular weight excluding hydrogens is 327 g/mol. The van der Waals surface area contributed by atoms with Crippen molar-refractivity contribution < 1.29 is 9.18 Å². The third-order valence-corrected chi connectivity index (χ3v) is 4.19. The molecule has 0 spiro atoms. The van der Waals surface area contributed by atoms with Crippen molar-refractivity contribution in [1.82, 2.24) is 0 Å². The Labute approximate surface area is 115 Å². The van der Waals surface area contributed by atoms with Crippen LogP contribution < -0.4 is 0 Å². The quantitative estimate of drug-likeness (QED) is 0.742. The van der Waals surface area contributed by atoms with Crippen LogP contribution in [0.25, 0.3) is 0 Å². The van der Waals surface area contributed by atoms with E-state index in [1.54, 1.807) is 0 Å². The van der Waals surface area contributed by atoms with E-state index in [1.165, 1.54) is 29.5 Å². The minimum absolute atomic E-state index is 0.0248. The van der Waals surface area contributed by atoms with E-state index in [9.17, 15) is 9.18 Å². The van der Waals surface area contributed by atoms with Crippen molar-refractivity contribution in [3.8, 4) is 0 Å². The van der Waals surface area contributed by atoms with Crippen molar-refractivity contribution in [3.05, 3.63) is 55.4 Å². The molecular formula is C12H7BrClFOS. The van der Waals surface area contributed by atoms with Gasteiger partial charge in [-0.15, -0.1) is 11.3 Å². The predicted molar refractivity (Wildman–Crippen MR) is 71.5 cm³/mol. The molecule has 0 atom stereocenters. The average Bonchev–Trinajstić information content (AvgIpc) is 2.68. The molecule has 88 valence electrons. The normalized spacial score (nSPS) is 10.5. The number of halogens is 3. The van der Waals surface area contributed by atoms with Gasteiger partial charge in [0.2, 0.25) is 0 Å². The number of ketones is 1. The van der Waals surface area contributed by atoms with Gasteiger partial charge in [0.1, 0.15) is 5.82 Å². The van der Waals surface area contributed by atoms with Crippen LogP contribution in [-0.2, 0) is 6.42 Å². The fourth-order valence-electron chi connectivity index (χ4n) is 1.38. The molecule has 17 heavy (non-hydrogen) atoms. The van der Waals surface area contributed by atoms with E-state index in [-0.39, 0.29) is 10.8 Å². The zero-order valence-corrected chi connectivity index (χ0v) is 11.7. The van der Waals surface area contributed by atoms with Gasteiger partial charge in [0, 0.05) is 26.7 Å². The molecule has 0 aliphatic rings. The van der Waals surface area contributed by atoms with Gasteiger partial charge in [0.15, 0.2) is 5.78 Å². The second-order valence-electron chi connectivity index (χ2n) is 3.46. The summed E-state index contributed by atoms with van der Waals surface area (Å²) in [4.78, 5) is 12.9. The minimum atomic E-state index is -0.512. The fraction of sp³-hybridized carbons (Fsp3) is 0.0833. The summed E-state index contributed by atoms with van der Waals surface area (Å²) in [5, 5.41) is 1.89. The molecule has 0 amide bonds. The average molecular weight is 334 g/mol. The lowest BCUT2D eigenvalue weighted by Gasteiger charge is -2.00. The third kappa shape index (κ3) is 3.15. The molecule has 0 bridgehead atoms. The molecule has 1 aromatic heterocycles. The Balaban J connectivity index is 2.17. The number of thiophene rings is 1. The standard InChI is InChI=1S/C12H7BrClFOS/c13-8-4-9(17-6-8)5-12(16)7-1-2-11(15)10(14)3-7/h1-4,6H,5H2. The van der Waals surface area contributed by atoms with E-state index in [0.717, 1.165) is 9.35 Å². The summed E-state index contributed by atoms with van der Waals surface area (Å²) >= 11 is 10.5. The van der Waals surface area contributed by atoms with Crippen molar-refractivity contribution >= 4 is 44.7 Å². The van der Waals surface area contributed by atoms with Crippen LogP contribution in [0.3, 0.4) is 0 Å². The molecule has 1 nitrogen and oxygen atoms in total. The molecule has 2 aromatic rings. The van der Waals surface area contributed by atoms with E-state index in [1.807, 2.05) is 11.4 Å². The van der Waals surface area contributed by atoms with Crippen molar-refractivity contribution in [1.29, 1.82) is 0 Å². The van der Waals surface area contributed by atoms with Gasteiger partial charge in [-0.1, -0.05) is 11.6 Å². The van der Waals surface area contributed by atoms with Crippen molar-refractivity contribution in [3.63, 3.8) is 0 Å². The molecule has 0 aliphatic heterocycles. The van der Waals surface area contributed by atoms with E-state index < -0.39 is 5.82 Å². The molecule has 1 heterocycles. The first-order valence-electron chi connectivity index (χ1n) is 4.77. The minimum Gasteiger partial charge on any atom is -0.294 e. The Morgan fingerprint density at radius 1 is 1.41 bits per heavy atom. The zero-order chi connectivity index (χ0) is 12.4. The van der Waals surface area contributed by atoms with Gasteiger partial charge >= 0.3 is 0 Å². The monoisotopic (exact) mass is 332 g/mol. The second-order valence-corrected chi connectivity index (χ2v) is 5.78. The van der Waals surface area contributed by atoms with E-state index in [4.69, 9.17) is 11.6 Å². The summed E-state index contributed by atoms with van der Waals surface area (Å²) in [6.45, 7) is 0. The summed E-state index contributed by atoms with van der Waals surface area (Å²) in [6.07, 6.45) is 0.304. The van der Waals surface area contributed by atoms with Gasteiger partial charge in [-0.05, 0) is 40.2 Å². The first-order valence-corrected chi connectivity index (χ1v) is 6.82. The van der Waals surface area contributed by atoms with Crippen LogP contribution in [0.1, 0.15) is 15.2 Å². The third-order valence-electron chi connectivity index (χ3n) is 2.20. The number of benzene rings is 1. The molecule has 0 radical (unpaired) electrons. The SMILES string of the molecule is O=C(Cc1cc(Br)cs1)c1ccc(F)c(Cl)c1. The highest BCUT2D eigenvalue weighted by Gasteiger charge is 2.10. The van der Waals surface area contributed by atoms with Crippen LogP contribution in [-0.4, -0.2) is 5.78 Å². The van der Waals surface area contributed by atoms with Crippen LogP contribution in [0.2, 0.25) is 5.02 Å². The second kappa shape index (κ2) is 5.29. The molecule has 2 rings (SSSR count). The molecule has 1 aromatic carbocycles. The fourth-order valence-corrected chi connectivity index (χ4v) is 3.01. The van der Waals surface area contributed by atoms with Crippen LogP contribution in [0.15, 0.2) is 34.1 Å². The Bertz CT molecular complexity index is 567. The van der Waals surface area contributed by atoms with Gasteiger partial charge < -0.3 is 0 Å². The summed E-state index contributed by atoms with van der Waals surface area (Å²) in [5.74, 6) is -0.580. The smallest absolute Gasteiger partial charge is 0.168 e. The lowest BCUT2D eigenvalue weighted by molar-refractivity contribution is 0.0994. The van der Waals surface area contributed by atoms with E-state index in [0.29, 0.717) is 12.0 Å². The first kappa shape index (κ1) is 12.7. The van der Waals surface area contributed by atoms with Crippen LogP contribution >= 0.6 is 38.9 Å². The maximum atomic E-state index is 12.9. The first-order chi connectivity index (χ1) is 8.06. The Morgan fingerprint density at radius 3 is 2.76 bits per heavy atom. The Kier molecular flexibility index (Phi) is 3.97. The maximum Gasteiger partial charge on any atom is 0.168 e. The predicted octanol–water partition coefficient (Wildman–Crippen LogP) is 4.73. The number of carbonyl (C=O) groups is 1.